The highest BCUT2D eigenvalue weighted by Gasteiger charge is 2.32. The molecule has 2 N–H and O–H groups in total. The predicted molar refractivity (Wildman–Crippen MR) is 83.5 cm³/mol. The summed E-state index contributed by atoms with van der Waals surface area (Å²) in [6, 6.07) is 4.56. The molecule has 6 nitrogen and oxygen atoms in total. The number of sulfone groups is 1. The van der Waals surface area contributed by atoms with Gasteiger partial charge in [-0.3, -0.25) is 4.79 Å². The summed E-state index contributed by atoms with van der Waals surface area (Å²) in [5.41, 5.74) is 0.304. The van der Waals surface area contributed by atoms with Crippen LogP contribution in [-0.4, -0.2) is 35.9 Å². The molecule has 0 aliphatic heterocycles. The first-order valence-electron chi connectivity index (χ1n) is 6.44. The maximum atomic E-state index is 12.0. The van der Waals surface area contributed by atoms with Crippen LogP contribution >= 0.6 is 11.6 Å². The van der Waals surface area contributed by atoms with Gasteiger partial charge in [0.25, 0.3) is 0 Å². The summed E-state index contributed by atoms with van der Waals surface area (Å²) in [7, 11) is -3.68. The molecule has 0 bridgehead atoms. The van der Waals surface area contributed by atoms with Gasteiger partial charge in [0.15, 0.2) is 15.9 Å². The van der Waals surface area contributed by atoms with Crippen LogP contribution in [0.15, 0.2) is 24.3 Å². The molecule has 0 aliphatic rings. The van der Waals surface area contributed by atoms with Crippen LogP contribution in [0.5, 0.6) is 0 Å². The lowest BCUT2D eigenvalue weighted by Gasteiger charge is -2.20. The number of hydrogen-bond donors (Lipinski definition) is 2. The molecule has 1 unspecified atom stereocenters. The number of halogens is 1. The molecule has 122 valence electrons. The van der Waals surface area contributed by atoms with Crippen molar-refractivity contribution >= 4 is 33.3 Å². The number of benzene rings is 1. The Morgan fingerprint density at radius 2 is 1.73 bits per heavy atom. The standard InChI is InChI=1S/C14H18ClNO5S/c1-14(2,3)22(20,21)8-11(17)16-12(13(18)19)9-4-6-10(15)7-5-9/h4-7,12H,8H2,1-3H3,(H,16,17)(H,18,19). The molecule has 0 fully saturated rings. The first-order chi connectivity index (χ1) is 9.94. The van der Waals surface area contributed by atoms with Gasteiger partial charge in [-0.25, -0.2) is 13.2 Å². The summed E-state index contributed by atoms with van der Waals surface area (Å²) in [5, 5.41) is 11.9. The van der Waals surface area contributed by atoms with Gasteiger partial charge in [-0.15, -0.1) is 0 Å². The number of carboxylic acids is 1. The molecule has 0 saturated heterocycles. The lowest BCUT2D eigenvalue weighted by Crippen LogP contribution is -2.41. The second-order valence-electron chi connectivity index (χ2n) is 5.76. The van der Waals surface area contributed by atoms with E-state index in [0.29, 0.717) is 10.6 Å². The lowest BCUT2D eigenvalue weighted by atomic mass is 10.1. The Kier molecular flexibility index (Phi) is 5.59. The van der Waals surface area contributed by atoms with Crippen molar-refractivity contribution in [3.8, 4) is 0 Å². The Balaban J connectivity index is 2.91. The molecule has 0 aliphatic carbocycles. The van der Waals surface area contributed by atoms with E-state index >= 15 is 0 Å². The molecule has 0 heterocycles. The van der Waals surface area contributed by atoms with Crippen LogP contribution in [0.3, 0.4) is 0 Å². The van der Waals surface area contributed by atoms with Crippen LogP contribution in [0.4, 0.5) is 0 Å². The Labute approximate surface area is 134 Å². The summed E-state index contributed by atoms with van der Waals surface area (Å²) in [4.78, 5) is 23.2. The first-order valence-corrected chi connectivity index (χ1v) is 8.47. The predicted octanol–water partition coefficient (Wildman–Crippen LogP) is 1.80. The van der Waals surface area contributed by atoms with Crippen molar-refractivity contribution in [3.05, 3.63) is 34.9 Å². The van der Waals surface area contributed by atoms with Crippen molar-refractivity contribution in [3.63, 3.8) is 0 Å². The summed E-state index contributed by atoms with van der Waals surface area (Å²) in [6.45, 7) is 4.43. The van der Waals surface area contributed by atoms with E-state index in [1.807, 2.05) is 0 Å². The topological polar surface area (TPSA) is 101 Å². The molecule has 0 aromatic heterocycles. The summed E-state index contributed by atoms with van der Waals surface area (Å²) in [5.74, 6) is -2.92. The average Bonchev–Trinajstić information content (AvgIpc) is 2.35. The lowest BCUT2D eigenvalue weighted by molar-refractivity contribution is -0.141. The molecule has 22 heavy (non-hydrogen) atoms. The molecular weight excluding hydrogens is 330 g/mol. The minimum absolute atomic E-state index is 0.304. The van der Waals surface area contributed by atoms with Gasteiger partial charge in [-0.1, -0.05) is 23.7 Å². The highest BCUT2D eigenvalue weighted by molar-refractivity contribution is 7.93. The number of carbonyl (C=O) groups is 2. The van der Waals surface area contributed by atoms with Gasteiger partial charge < -0.3 is 10.4 Å². The maximum absolute atomic E-state index is 12.0. The number of carbonyl (C=O) groups excluding carboxylic acids is 1. The van der Waals surface area contributed by atoms with Crippen molar-refractivity contribution in [1.29, 1.82) is 0 Å². The SMILES string of the molecule is CC(C)(C)S(=O)(=O)CC(=O)NC(C(=O)O)c1ccc(Cl)cc1. The number of hydrogen-bond acceptors (Lipinski definition) is 4. The number of rotatable bonds is 5. The fraction of sp³-hybridized carbons (Fsp3) is 0.429. The zero-order valence-corrected chi connectivity index (χ0v) is 14.0. The van der Waals surface area contributed by atoms with Crippen molar-refractivity contribution in [2.24, 2.45) is 0 Å². The fourth-order valence-corrected chi connectivity index (χ4v) is 2.52. The summed E-state index contributed by atoms with van der Waals surface area (Å²) in [6.07, 6.45) is 0. The number of amides is 1. The zero-order chi connectivity index (χ0) is 17.1. The van der Waals surface area contributed by atoms with Gasteiger partial charge in [0.1, 0.15) is 5.75 Å². The molecule has 0 saturated carbocycles. The van der Waals surface area contributed by atoms with E-state index < -0.39 is 38.3 Å². The first kappa shape index (κ1) is 18.4. The highest BCUT2D eigenvalue weighted by atomic mass is 35.5. The normalized spacial score (nSPS) is 13.5. The Morgan fingerprint density at radius 3 is 2.14 bits per heavy atom. The van der Waals surface area contributed by atoms with Crippen LogP contribution in [0.1, 0.15) is 32.4 Å². The van der Waals surface area contributed by atoms with E-state index in [1.54, 1.807) is 0 Å². The molecule has 8 heteroatoms. The van der Waals surface area contributed by atoms with Crippen molar-refractivity contribution in [1.82, 2.24) is 5.32 Å². The van der Waals surface area contributed by atoms with Crippen LogP contribution in [0.25, 0.3) is 0 Å². The molecule has 0 spiro atoms. The molecule has 1 aromatic carbocycles. The van der Waals surface area contributed by atoms with E-state index in [4.69, 9.17) is 11.6 Å². The smallest absolute Gasteiger partial charge is 0.330 e. The minimum atomic E-state index is -3.68. The van der Waals surface area contributed by atoms with E-state index in [2.05, 4.69) is 5.32 Å². The van der Waals surface area contributed by atoms with E-state index in [-0.39, 0.29) is 0 Å². The average molecular weight is 348 g/mol. The third-order valence-electron chi connectivity index (χ3n) is 3.01. The number of carboxylic acid groups (broad SMARTS) is 1. The third-order valence-corrected chi connectivity index (χ3v) is 5.77. The number of nitrogens with one attached hydrogen (secondary N) is 1. The van der Waals surface area contributed by atoms with E-state index in [1.165, 1.54) is 45.0 Å². The Bertz CT molecular complexity index is 661. The third kappa shape index (κ3) is 4.71. The van der Waals surface area contributed by atoms with E-state index in [0.717, 1.165) is 0 Å². The number of aliphatic carboxylic acids is 1. The second-order valence-corrected chi connectivity index (χ2v) is 8.94. The van der Waals surface area contributed by atoms with Crippen molar-refractivity contribution in [2.45, 2.75) is 31.6 Å². The van der Waals surface area contributed by atoms with Gasteiger partial charge in [0.05, 0.1) is 4.75 Å². The summed E-state index contributed by atoms with van der Waals surface area (Å²) < 4.78 is 22.8. The molecule has 1 aromatic rings. The highest BCUT2D eigenvalue weighted by Crippen LogP contribution is 2.19. The largest absolute Gasteiger partial charge is 0.479 e. The van der Waals surface area contributed by atoms with Crippen LogP contribution < -0.4 is 5.32 Å². The van der Waals surface area contributed by atoms with Gasteiger partial charge in [-0.05, 0) is 38.5 Å². The van der Waals surface area contributed by atoms with Crippen molar-refractivity contribution < 1.29 is 23.1 Å². The molecule has 0 radical (unpaired) electrons. The zero-order valence-electron chi connectivity index (χ0n) is 12.5. The fourth-order valence-electron chi connectivity index (χ4n) is 1.53. The Morgan fingerprint density at radius 1 is 1.23 bits per heavy atom. The second kappa shape index (κ2) is 6.66. The molecule has 1 atom stereocenters. The van der Waals surface area contributed by atoms with Crippen LogP contribution in [0, 0.1) is 0 Å². The maximum Gasteiger partial charge on any atom is 0.330 e. The van der Waals surface area contributed by atoms with Crippen LogP contribution in [-0.2, 0) is 19.4 Å². The quantitative estimate of drug-likeness (QED) is 0.845. The molecule has 1 rings (SSSR count). The molecular formula is C14H18ClNO5S. The monoisotopic (exact) mass is 347 g/mol. The van der Waals surface area contributed by atoms with Gasteiger partial charge >= 0.3 is 5.97 Å². The molecule has 1 amide bonds. The van der Waals surface area contributed by atoms with Crippen LogP contribution in [0.2, 0.25) is 5.02 Å². The van der Waals surface area contributed by atoms with Gasteiger partial charge in [0, 0.05) is 5.02 Å². The minimum Gasteiger partial charge on any atom is -0.479 e. The van der Waals surface area contributed by atoms with Gasteiger partial charge in [0.2, 0.25) is 5.91 Å². The Hall–Kier alpha value is -1.60. The van der Waals surface area contributed by atoms with Crippen molar-refractivity contribution in [2.75, 3.05) is 5.75 Å². The van der Waals surface area contributed by atoms with Gasteiger partial charge in [-0.2, -0.15) is 0 Å². The summed E-state index contributed by atoms with van der Waals surface area (Å²) >= 11 is 5.72. The van der Waals surface area contributed by atoms with E-state index in [9.17, 15) is 23.1 Å².